The van der Waals surface area contributed by atoms with E-state index >= 15 is 0 Å². The van der Waals surface area contributed by atoms with Crippen LogP contribution in [0.15, 0.2) is 6.33 Å². The van der Waals surface area contributed by atoms with Crippen molar-refractivity contribution in [1.29, 1.82) is 0 Å². The number of hydrogen-bond donors (Lipinski definition) is 2. The number of nitrogens with zero attached hydrogens (tertiary/aromatic N) is 4. The molecule has 0 spiro atoms. The number of anilines is 1. The highest BCUT2D eigenvalue weighted by molar-refractivity contribution is 5.81. The summed E-state index contributed by atoms with van der Waals surface area (Å²) < 4.78 is 20.5. The molecule has 3 N–H and O–H groups in total. The minimum atomic E-state index is -0.653. The van der Waals surface area contributed by atoms with Crippen LogP contribution in [0.3, 0.4) is 0 Å². The number of nitrogen functional groups attached to an aromatic ring is 1. The lowest BCUT2D eigenvalue weighted by Gasteiger charge is -2.25. The molecule has 2 fully saturated rings. The lowest BCUT2D eigenvalue weighted by molar-refractivity contribution is -0.195. The Morgan fingerprint density at radius 2 is 2.04 bits per heavy atom. The largest absolute Gasteiger partial charge is 0.382 e. The molecule has 2 aliphatic rings. The molecule has 2 aromatic rings. The number of nitrogens with two attached hydrogens (primary N) is 1. The normalized spacial score (nSPS) is 30.9. The van der Waals surface area contributed by atoms with Crippen LogP contribution in [-0.4, -0.2) is 57.2 Å². The maximum atomic E-state index is 6.31. The van der Waals surface area contributed by atoms with Crippen molar-refractivity contribution < 1.29 is 14.2 Å². The maximum Gasteiger partial charge on any atom is 0.167 e. The highest BCUT2D eigenvalue weighted by Crippen LogP contribution is 2.44. The van der Waals surface area contributed by atoms with Crippen molar-refractivity contribution >= 4 is 17.0 Å². The Kier molecular flexibility index (Phi) is 3.91. The molecule has 2 saturated heterocycles. The van der Waals surface area contributed by atoms with Gasteiger partial charge in [0.25, 0.3) is 0 Å². The molecule has 25 heavy (non-hydrogen) atoms. The molecular formula is C16H24N6O3. The first-order chi connectivity index (χ1) is 11.9. The van der Waals surface area contributed by atoms with Gasteiger partial charge in [0, 0.05) is 13.0 Å². The van der Waals surface area contributed by atoms with Crippen molar-refractivity contribution in [2.24, 2.45) is 0 Å². The van der Waals surface area contributed by atoms with Crippen LogP contribution in [0.1, 0.15) is 32.8 Å². The minimum Gasteiger partial charge on any atom is -0.382 e. The van der Waals surface area contributed by atoms with Gasteiger partial charge in [-0.25, -0.2) is 15.0 Å². The van der Waals surface area contributed by atoms with Crippen molar-refractivity contribution in [1.82, 2.24) is 24.8 Å². The lowest BCUT2D eigenvalue weighted by atomic mass is 10.1. The van der Waals surface area contributed by atoms with Gasteiger partial charge >= 0.3 is 0 Å². The van der Waals surface area contributed by atoms with Crippen LogP contribution in [0, 0.1) is 0 Å². The van der Waals surface area contributed by atoms with Crippen LogP contribution >= 0.6 is 0 Å². The zero-order valence-electron chi connectivity index (χ0n) is 14.9. The third-order valence-electron chi connectivity index (χ3n) is 4.68. The maximum absolute atomic E-state index is 6.31. The highest BCUT2D eigenvalue weighted by Gasteiger charge is 2.56. The Labute approximate surface area is 145 Å². The lowest BCUT2D eigenvalue weighted by Crippen LogP contribution is -2.36. The first-order valence-electron chi connectivity index (χ1n) is 8.58. The molecule has 136 valence electrons. The summed E-state index contributed by atoms with van der Waals surface area (Å²) >= 11 is 0. The number of rotatable bonds is 4. The number of likely N-dealkylation sites (N-methyl/N-ethyl adjacent to an activating group) is 1. The Hall–Kier alpha value is -1.81. The van der Waals surface area contributed by atoms with Crippen LogP contribution in [-0.2, 0) is 20.6 Å². The number of fused-ring (bicyclic) bond motifs is 2. The van der Waals surface area contributed by atoms with Crippen LogP contribution in [0.25, 0.3) is 11.2 Å². The number of aromatic nitrogens is 4. The highest BCUT2D eigenvalue weighted by atomic mass is 16.8. The molecular weight excluding hydrogens is 324 g/mol. The first kappa shape index (κ1) is 16.6. The fourth-order valence-electron chi connectivity index (χ4n) is 3.72. The van der Waals surface area contributed by atoms with E-state index in [2.05, 4.69) is 20.3 Å². The molecule has 9 nitrogen and oxygen atoms in total. The zero-order valence-corrected chi connectivity index (χ0v) is 14.9. The summed E-state index contributed by atoms with van der Waals surface area (Å²) in [5, 5.41) is 3.16. The first-order valence-corrected chi connectivity index (χ1v) is 8.58. The van der Waals surface area contributed by atoms with Gasteiger partial charge < -0.3 is 25.3 Å². The second-order valence-corrected chi connectivity index (χ2v) is 6.87. The molecule has 0 bridgehead atoms. The van der Waals surface area contributed by atoms with Crippen molar-refractivity contribution in [2.45, 2.75) is 57.5 Å². The standard InChI is InChI=1S/C16H24N6O3/c1-5-9-21-10-13(17)19-7-20-14(10)22(9)15-12-11(8(23-15)6-18-4)24-16(2,3)25-12/h7-8,11-12,15,18H,5-6H2,1-4H3,(H2,17,19,20)/t8-,11-,12-,15-/m1/s1. The Bertz CT molecular complexity index is 792. The van der Waals surface area contributed by atoms with Gasteiger partial charge in [0.05, 0.1) is 0 Å². The second-order valence-electron chi connectivity index (χ2n) is 6.87. The molecule has 0 saturated carbocycles. The number of hydrogen-bond acceptors (Lipinski definition) is 8. The number of imidazole rings is 1. The predicted octanol–water partition coefficient (Wildman–Crippen LogP) is 0.608. The third-order valence-corrected chi connectivity index (χ3v) is 4.68. The van der Waals surface area contributed by atoms with E-state index in [9.17, 15) is 0 Å². The molecule has 4 atom stereocenters. The van der Waals surface area contributed by atoms with Crippen molar-refractivity contribution in [3.8, 4) is 0 Å². The predicted molar refractivity (Wildman–Crippen MR) is 90.8 cm³/mol. The summed E-state index contributed by atoms with van der Waals surface area (Å²) in [4.78, 5) is 13.1. The number of aryl methyl sites for hydroxylation is 1. The molecule has 2 aliphatic heterocycles. The van der Waals surface area contributed by atoms with Crippen molar-refractivity contribution in [3.63, 3.8) is 0 Å². The monoisotopic (exact) mass is 348 g/mol. The van der Waals surface area contributed by atoms with Gasteiger partial charge in [-0.15, -0.1) is 0 Å². The average Bonchev–Trinajstić information content (AvgIpc) is 3.18. The van der Waals surface area contributed by atoms with Gasteiger partial charge in [0.2, 0.25) is 0 Å². The van der Waals surface area contributed by atoms with Crippen molar-refractivity contribution in [2.75, 3.05) is 19.3 Å². The van der Waals surface area contributed by atoms with E-state index in [1.807, 2.05) is 32.4 Å². The van der Waals surface area contributed by atoms with Gasteiger partial charge in [-0.3, -0.25) is 4.57 Å². The van der Waals surface area contributed by atoms with Gasteiger partial charge in [-0.1, -0.05) is 6.92 Å². The molecule has 0 aliphatic carbocycles. The second kappa shape index (κ2) is 5.87. The van der Waals surface area contributed by atoms with E-state index in [0.717, 1.165) is 5.82 Å². The quantitative estimate of drug-likeness (QED) is 0.827. The van der Waals surface area contributed by atoms with Gasteiger partial charge in [-0.2, -0.15) is 0 Å². The molecule has 0 unspecified atom stereocenters. The zero-order chi connectivity index (χ0) is 17.8. The topological polar surface area (TPSA) is 109 Å². The summed E-state index contributed by atoms with van der Waals surface area (Å²) in [6.07, 6.45) is 1.26. The third kappa shape index (κ3) is 2.58. The van der Waals surface area contributed by atoms with E-state index in [1.165, 1.54) is 6.33 Å². The summed E-state index contributed by atoms with van der Waals surface area (Å²) in [5.74, 6) is 0.549. The number of ether oxygens (including phenoxy) is 3. The fraction of sp³-hybridized carbons (Fsp3) is 0.688. The van der Waals surface area contributed by atoms with E-state index in [1.54, 1.807) is 0 Å². The van der Waals surface area contributed by atoms with E-state index in [0.29, 0.717) is 29.9 Å². The summed E-state index contributed by atoms with van der Waals surface area (Å²) in [7, 11) is 1.89. The molecule has 0 amide bonds. The molecule has 0 radical (unpaired) electrons. The van der Waals surface area contributed by atoms with E-state index < -0.39 is 5.79 Å². The van der Waals surface area contributed by atoms with Crippen LogP contribution in [0.5, 0.6) is 0 Å². The van der Waals surface area contributed by atoms with E-state index in [4.69, 9.17) is 19.9 Å². The SMILES string of the molecule is CCc1nc2c(N)ncnc2n1[C@@H]1O[C@H](CNC)[C@H]2OC(C)(C)O[C@H]21. The molecule has 4 heterocycles. The molecule has 0 aromatic carbocycles. The fourth-order valence-corrected chi connectivity index (χ4v) is 3.72. The average molecular weight is 348 g/mol. The van der Waals surface area contributed by atoms with Crippen molar-refractivity contribution in [3.05, 3.63) is 12.2 Å². The number of nitrogens with one attached hydrogen (secondary N) is 1. The summed E-state index contributed by atoms with van der Waals surface area (Å²) in [6, 6.07) is 0. The molecule has 2 aromatic heterocycles. The van der Waals surface area contributed by atoms with Crippen LogP contribution < -0.4 is 11.1 Å². The van der Waals surface area contributed by atoms with E-state index in [-0.39, 0.29) is 24.5 Å². The smallest absolute Gasteiger partial charge is 0.167 e. The Morgan fingerprint density at radius 1 is 1.28 bits per heavy atom. The summed E-state index contributed by atoms with van der Waals surface area (Å²) in [5.41, 5.74) is 7.23. The Morgan fingerprint density at radius 3 is 2.76 bits per heavy atom. The molecule has 4 rings (SSSR count). The molecule has 9 heteroatoms. The van der Waals surface area contributed by atoms with Gasteiger partial charge in [-0.05, 0) is 20.9 Å². The van der Waals surface area contributed by atoms with Gasteiger partial charge in [0.1, 0.15) is 30.5 Å². The van der Waals surface area contributed by atoms with Crippen LogP contribution in [0.2, 0.25) is 0 Å². The van der Waals surface area contributed by atoms with Crippen LogP contribution in [0.4, 0.5) is 5.82 Å². The van der Waals surface area contributed by atoms with Gasteiger partial charge in [0.15, 0.2) is 29.0 Å². The minimum absolute atomic E-state index is 0.122. The summed E-state index contributed by atoms with van der Waals surface area (Å²) in [6.45, 7) is 6.55. The Balaban J connectivity index is 1.81.